The van der Waals surface area contributed by atoms with Crippen LogP contribution in [0.3, 0.4) is 0 Å². The minimum Gasteiger partial charge on any atom is -0.486 e. The Morgan fingerprint density at radius 1 is 1.12 bits per heavy atom. The number of carbonyl (C=O) groups excluding carboxylic acids is 1. The molecule has 0 spiro atoms. The van der Waals surface area contributed by atoms with E-state index < -0.39 is 0 Å². The smallest absolute Gasteiger partial charge is 0.236 e. The van der Waals surface area contributed by atoms with Crippen LogP contribution in [0.5, 0.6) is 5.75 Å². The summed E-state index contributed by atoms with van der Waals surface area (Å²) in [6, 6.07) is 15.4. The average Bonchev–Trinajstić information content (AvgIpc) is 3.08. The van der Waals surface area contributed by atoms with E-state index in [1.54, 1.807) is 12.1 Å². The van der Waals surface area contributed by atoms with Crippen LogP contribution in [0.1, 0.15) is 5.01 Å². The molecule has 0 saturated heterocycles. The molecule has 1 N–H and O–H groups in total. The Labute approximate surface area is 152 Å². The summed E-state index contributed by atoms with van der Waals surface area (Å²) in [4.78, 5) is 13.0. The lowest BCUT2D eigenvalue weighted by molar-refractivity contribution is -0.113. The molecule has 0 radical (unpaired) electrons. The second-order valence-electron chi connectivity index (χ2n) is 4.89. The van der Waals surface area contributed by atoms with Crippen molar-refractivity contribution >= 4 is 34.1 Å². The zero-order valence-electron chi connectivity index (χ0n) is 13.0. The normalized spacial score (nSPS) is 10.4. The third-order valence-corrected chi connectivity index (χ3v) is 4.83. The molecule has 0 aliphatic rings. The van der Waals surface area contributed by atoms with E-state index in [0.717, 1.165) is 4.90 Å². The first-order chi connectivity index (χ1) is 12.2. The maximum Gasteiger partial charge on any atom is 0.236 e. The number of amides is 1. The van der Waals surface area contributed by atoms with E-state index in [2.05, 4.69) is 15.5 Å². The molecule has 3 rings (SSSR count). The van der Waals surface area contributed by atoms with Crippen molar-refractivity contribution in [3.8, 4) is 5.75 Å². The first-order valence-corrected chi connectivity index (χ1v) is 9.18. The van der Waals surface area contributed by atoms with Gasteiger partial charge in [-0.05, 0) is 36.4 Å². The van der Waals surface area contributed by atoms with Gasteiger partial charge in [-0.2, -0.15) is 0 Å². The van der Waals surface area contributed by atoms with Gasteiger partial charge in [0.25, 0.3) is 0 Å². The maximum atomic E-state index is 12.8. The number of carbonyl (C=O) groups is 1. The minimum absolute atomic E-state index is 0.143. The van der Waals surface area contributed by atoms with Crippen molar-refractivity contribution in [2.45, 2.75) is 11.5 Å². The molecule has 0 saturated carbocycles. The first-order valence-electron chi connectivity index (χ1n) is 7.37. The van der Waals surface area contributed by atoms with E-state index >= 15 is 0 Å². The molecular formula is C17H14FN3O2S2. The molecule has 3 aromatic rings. The Balaban J connectivity index is 1.46. The molecule has 5 nitrogen and oxygen atoms in total. The van der Waals surface area contributed by atoms with Crippen molar-refractivity contribution in [2.24, 2.45) is 0 Å². The number of ether oxygens (including phenoxy) is 1. The highest BCUT2D eigenvalue weighted by Gasteiger charge is 2.09. The van der Waals surface area contributed by atoms with Crippen LogP contribution in [-0.2, 0) is 11.4 Å². The molecule has 128 valence electrons. The van der Waals surface area contributed by atoms with Crippen LogP contribution in [0.4, 0.5) is 9.52 Å². The zero-order valence-corrected chi connectivity index (χ0v) is 14.6. The number of thioether (sulfide) groups is 1. The summed E-state index contributed by atoms with van der Waals surface area (Å²) in [5.74, 6) is 0.379. The number of nitrogens with one attached hydrogen (secondary N) is 1. The largest absolute Gasteiger partial charge is 0.486 e. The molecule has 2 aromatic carbocycles. The molecule has 1 amide bonds. The number of halogens is 1. The average molecular weight is 375 g/mol. The number of nitrogens with zero attached hydrogens (tertiary/aromatic N) is 2. The van der Waals surface area contributed by atoms with Gasteiger partial charge < -0.3 is 4.74 Å². The maximum absolute atomic E-state index is 12.8. The van der Waals surface area contributed by atoms with Gasteiger partial charge in [-0.3, -0.25) is 10.1 Å². The van der Waals surface area contributed by atoms with Crippen molar-refractivity contribution in [1.29, 1.82) is 0 Å². The summed E-state index contributed by atoms with van der Waals surface area (Å²) in [6.45, 7) is 0.206. The Hall–Kier alpha value is -2.45. The van der Waals surface area contributed by atoms with Gasteiger partial charge >= 0.3 is 0 Å². The summed E-state index contributed by atoms with van der Waals surface area (Å²) < 4.78 is 18.3. The summed E-state index contributed by atoms with van der Waals surface area (Å²) in [5, 5.41) is 11.7. The van der Waals surface area contributed by atoms with E-state index in [1.165, 1.54) is 35.2 Å². The Kier molecular flexibility index (Phi) is 5.97. The Morgan fingerprint density at radius 2 is 1.88 bits per heavy atom. The van der Waals surface area contributed by atoms with E-state index in [4.69, 9.17) is 4.74 Å². The third-order valence-electron chi connectivity index (χ3n) is 3.00. The Morgan fingerprint density at radius 3 is 2.64 bits per heavy atom. The number of rotatable bonds is 7. The molecule has 0 fully saturated rings. The van der Waals surface area contributed by atoms with Gasteiger partial charge in [0, 0.05) is 4.90 Å². The molecule has 1 aromatic heterocycles. The molecular weight excluding hydrogens is 361 g/mol. The topological polar surface area (TPSA) is 64.1 Å². The van der Waals surface area contributed by atoms with E-state index in [1.807, 2.05) is 30.3 Å². The number of benzene rings is 2. The SMILES string of the molecule is O=C(CSc1ccccc1)Nc1nnc(COc2ccc(F)cc2)s1. The highest BCUT2D eigenvalue weighted by molar-refractivity contribution is 8.00. The van der Waals surface area contributed by atoms with Crippen LogP contribution >= 0.6 is 23.1 Å². The van der Waals surface area contributed by atoms with Gasteiger partial charge in [-0.25, -0.2) is 4.39 Å². The van der Waals surface area contributed by atoms with Crippen LogP contribution in [-0.4, -0.2) is 21.9 Å². The monoisotopic (exact) mass is 375 g/mol. The van der Waals surface area contributed by atoms with Gasteiger partial charge in [-0.15, -0.1) is 22.0 Å². The lowest BCUT2D eigenvalue weighted by Gasteiger charge is -2.02. The highest BCUT2D eigenvalue weighted by atomic mass is 32.2. The van der Waals surface area contributed by atoms with E-state index in [0.29, 0.717) is 21.6 Å². The zero-order chi connectivity index (χ0) is 17.5. The minimum atomic E-state index is -0.318. The number of anilines is 1. The highest BCUT2D eigenvalue weighted by Crippen LogP contribution is 2.20. The summed E-state index contributed by atoms with van der Waals surface area (Å²) in [6.07, 6.45) is 0. The quantitative estimate of drug-likeness (QED) is 0.633. The van der Waals surface area contributed by atoms with Crippen molar-refractivity contribution in [1.82, 2.24) is 10.2 Å². The molecule has 1 heterocycles. The van der Waals surface area contributed by atoms with E-state index in [-0.39, 0.29) is 18.3 Å². The van der Waals surface area contributed by atoms with Crippen LogP contribution in [0, 0.1) is 5.82 Å². The molecule has 25 heavy (non-hydrogen) atoms. The third kappa shape index (κ3) is 5.54. The Bertz CT molecular complexity index is 825. The van der Waals surface area contributed by atoms with Crippen LogP contribution in [0.2, 0.25) is 0 Å². The summed E-state index contributed by atoms with van der Waals surface area (Å²) in [5.41, 5.74) is 0. The van der Waals surface area contributed by atoms with Gasteiger partial charge in [-0.1, -0.05) is 29.5 Å². The molecule has 8 heteroatoms. The fraction of sp³-hybridized carbons (Fsp3) is 0.118. The second kappa shape index (κ2) is 8.59. The molecule has 0 aliphatic heterocycles. The molecule has 0 aliphatic carbocycles. The van der Waals surface area contributed by atoms with Crippen molar-refractivity contribution < 1.29 is 13.9 Å². The van der Waals surface area contributed by atoms with Gasteiger partial charge in [0.15, 0.2) is 5.01 Å². The fourth-order valence-corrected chi connectivity index (χ4v) is 3.25. The summed E-state index contributed by atoms with van der Waals surface area (Å²) in [7, 11) is 0. The lowest BCUT2D eigenvalue weighted by Crippen LogP contribution is -2.13. The van der Waals surface area contributed by atoms with Crippen LogP contribution < -0.4 is 10.1 Å². The predicted octanol–water partition coefficient (Wildman–Crippen LogP) is 3.99. The predicted molar refractivity (Wildman–Crippen MR) is 96.4 cm³/mol. The number of hydrogen-bond donors (Lipinski definition) is 1. The number of aromatic nitrogens is 2. The van der Waals surface area contributed by atoms with E-state index in [9.17, 15) is 9.18 Å². The van der Waals surface area contributed by atoms with Crippen LogP contribution in [0.25, 0.3) is 0 Å². The second-order valence-corrected chi connectivity index (χ2v) is 7.00. The van der Waals surface area contributed by atoms with Crippen LogP contribution in [0.15, 0.2) is 59.5 Å². The molecule has 0 unspecified atom stereocenters. The van der Waals surface area contributed by atoms with Crippen molar-refractivity contribution in [3.63, 3.8) is 0 Å². The van der Waals surface area contributed by atoms with Gasteiger partial charge in [0.2, 0.25) is 11.0 Å². The van der Waals surface area contributed by atoms with Crippen molar-refractivity contribution in [3.05, 3.63) is 65.4 Å². The first kappa shape index (κ1) is 17.4. The molecule has 0 atom stereocenters. The standard InChI is InChI=1S/C17H14FN3O2S2/c18-12-6-8-13(9-7-12)23-10-16-20-21-17(25-16)19-15(22)11-24-14-4-2-1-3-5-14/h1-9H,10-11H2,(H,19,21,22). The van der Waals surface area contributed by atoms with Crippen molar-refractivity contribution in [2.75, 3.05) is 11.1 Å². The van der Waals surface area contributed by atoms with Gasteiger partial charge in [0.1, 0.15) is 18.2 Å². The lowest BCUT2D eigenvalue weighted by atomic mass is 10.3. The van der Waals surface area contributed by atoms with Gasteiger partial charge in [0.05, 0.1) is 5.75 Å². The number of hydrogen-bond acceptors (Lipinski definition) is 6. The molecule has 0 bridgehead atoms. The summed E-state index contributed by atoms with van der Waals surface area (Å²) >= 11 is 2.70. The fourth-order valence-electron chi connectivity index (χ4n) is 1.86.